The lowest BCUT2D eigenvalue weighted by atomic mass is 9.91. The van der Waals surface area contributed by atoms with Crippen molar-refractivity contribution in [2.24, 2.45) is 0 Å². The smallest absolute Gasteiger partial charge is 0.252 e. The lowest BCUT2D eigenvalue weighted by molar-refractivity contribution is 0.0946. The highest BCUT2D eigenvalue weighted by molar-refractivity contribution is 6.03. The molecule has 0 bridgehead atoms. The van der Waals surface area contributed by atoms with Gasteiger partial charge in [-0.2, -0.15) is 0 Å². The molecule has 0 aliphatic carbocycles. The fourth-order valence-corrected chi connectivity index (χ4v) is 2.33. The molecule has 1 aliphatic rings. The summed E-state index contributed by atoms with van der Waals surface area (Å²) in [6.07, 6.45) is 0.918. The van der Waals surface area contributed by atoms with E-state index in [0.29, 0.717) is 0 Å². The van der Waals surface area contributed by atoms with Gasteiger partial charge < -0.3 is 5.32 Å². The Hall–Kier alpha value is -2.09. The minimum Gasteiger partial charge on any atom is -0.352 e. The molecule has 2 aromatic rings. The van der Waals surface area contributed by atoms with Crippen LogP contribution in [0.25, 0.3) is 11.1 Å². The third kappa shape index (κ3) is 1.72. The molecule has 84 valence electrons. The van der Waals surface area contributed by atoms with E-state index >= 15 is 0 Å². The Balaban J connectivity index is 2.21. The van der Waals surface area contributed by atoms with E-state index in [2.05, 4.69) is 5.32 Å². The van der Waals surface area contributed by atoms with Crippen LogP contribution in [0, 0.1) is 0 Å². The van der Waals surface area contributed by atoms with Gasteiger partial charge in [-0.15, -0.1) is 0 Å². The molecule has 3 rings (SSSR count). The van der Waals surface area contributed by atoms with E-state index in [1.165, 1.54) is 0 Å². The zero-order valence-corrected chi connectivity index (χ0v) is 9.44. The molecule has 0 saturated carbocycles. The number of amides is 1. The van der Waals surface area contributed by atoms with Crippen molar-refractivity contribution in [1.82, 2.24) is 5.32 Å². The Morgan fingerprint density at radius 1 is 0.941 bits per heavy atom. The summed E-state index contributed by atoms with van der Waals surface area (Å²) in [6, 6.07) is 16.1. The van der Waals surface area contributed by atoms with Crippen LogP contribution >= 0.6 is 0 Å². The number of fused-ring (bicyclic) bond motifs is 1. The van der Waals surface area contributed by atoms with Crippen molar-refractivity contribution in [3.63, 3.8) is 0 Å². The molecule has 2 nitrogen and oxygen atoms in total. The van der Waals surface area contributed by atoms with Crippen molar-refractivity contribution in [3.05, 3.63) is 59.7 Å². The average molecular weight is 223 g/mol. The summed E-state index contributed by atoms with van der Waals surface area (Å²) in [7, 11) is 0. The summed E-state index contributed by atoms with van der Waals surface area (Å²) in [4.78, 5) is 12.0. The van der Waals surface area contributed by atoms with Crippen molar-refractivity contribution < 1.29 is 4.79 Å². The van der Waals surface area contributed by atoms with Crippen molar-refractivity contribution in [3.8, 4) is 11.1 Å². The predicted octanol–water partition coefficient (Wildman–Crippen LogP) is 2.64. The second-order valence-corrected chi connectivity index (χ2v) is 4.21. The van der Waals surface area contributed by atoms with Crippen LogP contribution < -0.4 is 5.32 Å². The molecule has 1 amide bonds. The zero-order valence-electron chi connectivity index (χ0n) is 9.44. The zero-order chi connectivity index (χ0) is 11.7. The molecule has 0 unspecified atom stereocenters. The molecule has 2 aromatic carbocycles. The fourth-order valence-electron chi connectivity index (χ4n) is 2.33. The predicted molar refractivity (Wildman–Crippen MR) is 67.9 cm³/mol. The number of carbonyl (C=O) groups excluding carboxylic acids is 1. The van der Waals surface area contributed by atoms with Crippen molar-refractivity contribution in [2.75, 3.05) is 6.54 Å². The normalized spacial score (nSPS) is 14.0. The van der Waals surface area contributed by atoms with Gasteiger partial charge in [0.15, 0.2) is 0 Å². The van der Waals surface area contributed by atoms with Gasteiger partial charge in [0.25, 0.3) is 5.91 Å². The minimum absolute atomic E-state index is 0.0469. The average Bonchev–Trinajstić information content (AvgIpc) is 2.39. The van der Waals surface area contributed by atoms with Crippen LogP contribution in [0.15, 0.2) is 48.5 Å². The highest BCUT2D eigenvalue weighted by atomic mass is 16.1. The first-order chi connectivity index (χ1) is 8.36. The van der Waals surface area contributed by atoms with E-state index in [1.54, 1.807) is 0 Å². The van der Waals surface area contributed by atoms with E-state index in [0.717, 1.165) is 35.2 Å². The Bertz CT molecular complexity index is 560. The van der Waals surface area contributed by atoms with Crippen LogP contribution in [-0.4, -0.2) is 12.5 Å². The summed E-state index contributed by atoms with van der Waals surface area (Å²) in [5.41, 5.74) is 4.11. The molecule has 0 saturated heterocycles. The van der Waals surface area contributed by atoms with Crippen LogP contribution in [0.4, 0.5) is 0 Å². The molecule has 1 aliphatic heterocycles. The Kier molecular flexibility index (Phi) is 2.41. The van der Waals surface area contributed by atoms with Gasteiger partial charge in [0.1, 0.15) is 0 Å². The molecule has 1 heterocycles. The molecule has 0 atom stereocenters. The van der Waals surface area contributed by atoms with Crippen LogP contribution in [0.1, 0.15) is 15.9 Å². The Morgan fingerprint density at radius 3 is 2.59 bits per heavy atom. The number of carbonyl (C=O) groups is 1. The first-order valence-electron chi connectivity index (χ1n) is 5.82. The maximum atomic E-state index is 12.0. The summed E-state index contributed by atoms with van der Waals surface area (Å²) in [5, 5.41) is 2.91. The van der Waals surface area contributed by atoms with Crippen LogP contribution in [0.2, 0.25) is 0 Å². The fraction of sp³-hybridized carbons (Fsp3) is 0.133. The maximum Gasteiger partial charge on any atom is 0.252 e. The van der Waals surface area contributed by atoms with E-state index in [-0.39, 0.29) is 5.91 Å². The summed E-state index contributed by atoms with van der Waals surface area (Å²) in [5.74, 6) is 0.0469. The van der Waals surface area contributed by atoms with Gasteiger partial charge in [-0.05, 0) is 23.1 Å². The van der Waals surface area contributed by atoms with Gasteiger partial charge in [0.05, 0.1) is 5.56 Å². The van der Waals surface area contributed by atoms with E-state index in [9.17, 15) is 4.79 Å². The SMILES string of the molecule is O=C1NCCc2cccc(-c3ccccc3)c21. The molecule has 0 fully saturated rings. The highest BCUT2D eigenvalue weighted by Crippen LogP contribution is 2.27. The standard InChI is InChI=1S/C15H13NO/c17-15-14-12(9-10-16-15)7-4-8-13(14)11-5-2-1-3-6-11/h1-8H,9-10H2,(H,16,17). The summed E-state index contributed by atoms with van der Waals surface area (Å²) < 4.78 is 0. The van der Waals surface area contributed by atoms with Gasteiger partial charge in [0, 0.05) is 6.54 Å². The van der Waals surface area contributed by atoms with Gasteiger partial charge in [-0.3, -0.25) is 4.79 Å². The molecular weight excluding hydrogens is 210 g/mol. The van der Waals surface area contributed by atoms with Crippen LogP contribution in [-0.2, 0) is 6.42 Å². The minimum atomic E-state index is 0.0469. The number of benzene rings is 2. The van der Waals surface area contributed by atoms with E-state index in [1.807, 2.05) is 48.5 Å². The molecule has 0 spiro atoms. The van der Waals surface area contributed by atoms with Crippen LogP contribution in [0.5, 0.6) is 0 Å². The lowest BCUT2D eigenvalue weighted by Gasteiger charge is -2.19. The first-order valence-corrected chi connectivity index (χ1v) is 5.82. The second kappa shape index (κ2) is 4.06. The second-order valence-electron chi connectivity index (χ2n) is 4.21. The summed E-state index contributed by atoms with van der Waals surface area (Å²) in [6.45, 7) is 0.740. The number of hydrogen-bond donors (Lipinski definition) is 1. The van der Waals surface area contributed by atoms with Gasteiger partial charge in [-0.25, -0.2) is 0 Å². The maximum absolute atomic E-state index is 12.0. The van der Waals surface area contributed by atoms with Crippen molar-refractivity contribution in [2.45, 2.75) is 6.42 Å². The first kappa shape index (κ1) is 10.1. The highest BCUT2D eigenvalue weighted by Gasteiger charge is 2.20. The number of nitrogens with one attached hydrogen (secondary N) is 1. The topological polar surface area (TPSA) is 29.1 Å². The van der Waals surface area contributed by atoms with Crippen molar-refractivity contribution in [1.29, 1.82) is 0 Å². The molecule has 0 radical (unpaired) electrons. The van der Waals surface area contributed by atoms with E-state index in [4.69, 9.17) is 0 Å². The van der Waals surface area contributed by atoms with Gasteiger partial charge in [0.2, 0.25) is 0 Å². The third-order valence-electron chi connectivity index (χ3n) is 3.14. The Morgan fingerprint density at radius 2 is 1.76 bits per heavy atom. The van der Waals surface area contributed by atoms with E-state index < -0.39 is 0 Å². The molecule has 0 aromatic heterocycles. The van der Waals surface area contributed by atoms with Gasteiger partial charge >= 0.3 is 0 Å². The number of rotatable bonds is 1. The molecule has 17 heavy (non-hydrogen) atoms. The quantitative estimate of drug-likeness (QED) is 0.791. The molecule has 1 N–H and O–H groups in total. The van der Waals surface area contributed by atoms with Crippen LogP contribution in [0.3, 0.4) is 0 Å². The third-order valence-corrected chi connectivity index (χ3v) is 3.14. The Labute approximate surface area is 100 Å². The largest absolute Gasteiger partial charge is 0.352 e. The monoisotopic (exact) mass is 223 g/mol. The molecular formula is C15H13NO. The van der Waals surface area contributed by atoms with Crippen molar-refractivity contribution >= 4 is 5.91 Å². The molecule has 2 heteroatoms. The number of hydrogen-bond acceptors (Lipinski definition) is 1. The van der Waals surface area contributed by atoms with Gasteiger partial charge in [-0.1, -0.05) is 48.5 Å². The lowest BCUT2D eigenvalue weighted by Crippen LogP contribution is -2.32. The summed E-state index contributed by atoms with van der Waals surface area (Å²) >= 11 is 0.